The molecule has 0 unspecified atom stereocenters. The number of para-hydroxylation sites is 1. The fourth-order valence-corrected chi connectivity index (χ4v) is 6.33. The SMILES string of the molecule is CS(=O)(=O)N(CC(=O)N(Cc1ccccc1Cl)[C@H](Cc1ccccc1)C(=O)NC1CCCC1)c1ccccc1Cl. The molecule has 0 radical (unpaired) electrons. The number of nitrogens with one attached hydrogen (secondary N) is 1. The van der Waals surface area contributed by atoms with Gasteiger partial charge < -0.3 is 10.2 Å². The van der Waals surface area contributed by atoms with Crippen LogP contribution in [0.2, 0.25) is 10.0 Å². The topological polar surface area (TPSA) is 86.8 Å². The lowest BCUT2D eigenvalue weighted by atomic mass is 10.0. The van der Waals surface area contributed by atoms with Crippen molar-refractivity contribution in [3.05, 3.63) is 100 Å². The normalized spacial score (nSPS) is 14.5. The first-order valence-corrected chi connectivity index (χ1v) is 15.8. The van der Waals surface area contributed by atoms with Gasteiger partial charge >= 0.3 is 0 Å². The summed E-state index contributed by atoms with van der Waals surface area (Å²) in [6, 6.07) is 22.1. The summed E-state index contributed by atoms with van der Waals surface area (Å²) in [5.74, 6) is -0.826. The lowest BCUT2D eigenvalue weighted by Crippen LogP contribution is -2.54. The van der Waals surface area contributed by atoms with Crippen LogP contribution in [0.4, 0.5) is 5.69 Å². The van der Waals surface area contributed by atoms with Crippen LogP contribution in [0.25, 0.3) is 0 Å². The molecule has 0 saturated heterocycles. The molecule has 0 bridgehead atoms. The van der Waals surface area contributed by atoms with Gasteiger partial charge in [0.05, 0.1) is 17.0 Å². The number of hydrogen-bond acceptors (Lipinski definition) is 4. The van der Waals surface area contributed by atoms with Gasteiger partial charge in [0.25, 0.3) is 0 Å². The average molecular weight is 603 g/mol. The summed E-state index contributed by atoms with van der Waals surface area (Å²) in [5, 5.41) is 3.78. The fourth-order valence-electron chi connectivity index (χ4n) is 4.98. The molecule has 0 aliphatic heterocycles. The molecule has 40 heavy (non-hydrogen) atoms. The van der Waals surface area contributed by atoms with Crippen molar-refractivity contribution >= 4 is 50.7 Å². The predicted molar refractivity (Wildman–Crippen MR) is 160 cm³/mol. The minimum absolute atomic E-state index is 0.0220. The van der Waals surface area contributed by atoms with Crippen LogP contribution < -0.4 is 9.62 Å². The van der Waals surface area contributed by atoms with E-state index in [9.17, 15) is 18.0 Å². The molecular formula is C30H33Cl2N3O4S. The molecule has 1 fully saturated rings. The third kappa shape index (κ3) is 7.77. The summed E-state index contributed by atoms with van der Waals surface area (Å²) < 4.78 is 26.7. The standard InChI is InChI=1S/C30H33Cl2N3O4S/c1-40(38,39)35(27-18-10-9-17-26(27)32)21-29(36)34(20-23-13-5-8-16-25(23)31)28(19-22-11-3-2-4-12-22)30(37)33-24-14-6-7-15-24/h2-5,8-13,16-18,24,28H,6-7,14-15,19-21H2,1H3,(H,33,37)/t28-/m1/s1. The monoisotopic (exact) mass is 601 g/mol. The Kier molecular flexibility index (Phi) is 10.1. The third-order valence-corrected chi connectivity index (χ3v) is 8.89. The van der Waals surface area contributed by atoms with Crippen LogP contribution in [0.3, 0.4) is 0 Å². The van der Waals surface area contributed by atoms with Gasteiger partial charge in [0.15, 0.2) is 0 Å². The second-order valence-corrected chi connectivity index (χ2v) is 12.8. The fraction of sp³-hybridized carbons (Fsp3) is 0.333. The second kappa shape index (κ2) is 13.5. The molecule has 3 aromatic rings. The smallest absolute Gasteiger partial charge is 0.244 e. The van der Waals surface area contributed by atoms with E-state index in [1.807, 2.05) is 30.3 Å². The van der Waals surface area contributed by atoms with Crippen LogP contribution in [0.5, 0.6) is 0 Å². The molecule has 0 heterocycles. The highest BCUT2D eigenvalue weighted by atomic mass is 35.5. The Hall–Kier alpha value is -3.07. The van der Waals surface area contributed by atoms with Crippen molar-refractivity contribution in [3.63, 3.8) is 0 Å². The Morgan fingerprint density at radius 1 is 0.900 bits per heavy atom. The molecule has 2 amide bonds. The largest absolute Gasteiger partial charge is 0.352 e. The van der Waals surface area contributed by atoms with E-state index in [1.54, 1.807) is 48.5 Å². The summed E-state index contributed by atoms with van der Waals surface area (Å²) in [7, 11) is -3.90. The highest BCUT2D eigenvalue weighted by Crippen LogP contribution is 2.28. The zero-order valence-electron chi connectivity index (χ0n) is 22.3. The number of hydrogen-bond donors (Lipinski definition) is 1. The predicted octanol–water partition coefficient (Wildman–Crippen LogP) is 5.46. The maximum atomic E-state index is 14.1. The van der Waals surface area contributed by atoms with Gasteiger partial charge in [0.2, 0.25) is 21.8 Å². The minimum atomic E-state index is -3.90. The van der Waals surface area contributed by atoms with Crippen LogP contribution in [0.15, 0.2) is 78.9 Å². The zero-order valence-corrected chi connectivity index (χ0v) is 24.6. The van der Waals surface area contributed by atoms with E-state index >= 15 is 0 Å². The Morgan fingerprint density at radius 3 is 2.12 bits per heavy atom. The van der Waals surface area contributed by atoms with E-state index in [0.29, 0.717) is 10.6 Å². The van der Waals surface area contributed by atoms with E-state index < -0.39 is 28.5 Å². The molecule has 3 aromatic carbocycles. The molecule has 1 N–H and O–H groups in total. The second-order valence-electron chi connectivity index (χ2n) is 10.0. The van der Waals surface area contributed by atoms with Gasteiger partial charge in [-0.1, -0.05) is 96.7 Å². The van der Waals surface area contributed by atoms with Gasteiger partial charge in [0.1, 0.15) is 12.6 Å². The molecule has 4 rings (SSSR count). The molecule has 0 aromatic heterocycles. The highest BCUT2D eigenvalue weighted by Gasteiger charge is 2.34. The highest BCUT2D eigenvalue weighted by molar-refractivity contribution is 7.92. The maximum absolute atomic E-state index is 14.1. The number of benzene rings is 3. The van der Waals surface area contributed by atoms with E-state index in [0.717, 1.165) is 41.8 Å². The van der Waals surface area contributed by atoms with Crippen molar-refractivity contribution in [1.82, 2.24) is 10.2 Å². The number of sulfonamides is 1. The van der Waals surface area contributed by atoms with Crippen LogP contribution >= 0.6 is 23.2 Å². The van der Waals surface area contributed by atoms with Gasteiger partial charge in [-0.25, -0.2) is 8.42 Å². The van der Waals surface area contributed by atoms with Crippen molar-refractivity contribution in [2.75, 3.05) is 17.1 Å². The van der Waals surface area contributed by atoms with Crippen LogP contribution in [0.1, 0.15) is 36.8 Å². The minimum Gasteiger partial charge on any atom is -0.352 e. The van der Waals surface area contributed by atoms with Gasteiger partial charge in [-0.2, -0.15) is 0 Å². The van der Waals surface area contributed by atoms with Crippen molar-refractivity contribution in [2.24, 2.45) is 0 Å². The number of amides is 2. The number of halogens is 2. The van der Waals surface area contributed by atoms with Crippen molar-refractivity contribution in [2.45, 2.75) is 50.7 Å². The van der Waals surface area contributed by atoms with Crippen LogP contribution in [0, 0.1) is 0 Å². The zero-order chi connectivity index (χ0) is 28.7. The Morgan fingerprint density at radius 2 is 1.50 bits per heavy atom. The third-order valence-electron chi connectivity index (χ3n) is 7.07. The first-order chi connectivity index (χ1) is 19.1. The Bertz CT molecular complexity index is 1430. The molecule has 0 spiro atoms. The number of anilines is 1. The van der Waals surface area contributed by atoms with E-state index in [4.69, 9.17) is 23.2 Å². The number of carbonyl (C=O) groups excluding carboxylic acids is 2. The lowest BCUT2D eigenvalue weighted by Gasteiger charge is -2.34. The summed E-state index contributed by atoms with van der Waals surface area (Å²) in [5.41, 5.74) is 1.71. The Balaban J connectivity index is 1.74. The van der Waals surface area contributed by atoms with Gasteiger partial charge in [-0.05, 0) is 42.2 Å². The number of rotatable bonds is 11. The first kappa shape index (κ1) is 29.9. The molecule has 1 saturated carbocycles. The average Bonchev–Trinajstić information content (AvgIpc) is 3.43. The van der Waals surface area contributed by atoms with Crippen molar-refractivity contribution in [1.29, 1.82) is 0 Å². The molecule has 10 heteroatoms. The molecule has 1 atom stereocenters. The summed E-state index contributed by atoms with van der Waals surface area (Å²) in [4.78, 5) is 29.4. The molecular weight excluding hydrogens is 569 g/mol. The van der Waals surface area contributed by atoms with Crippen LogP contribution in [-0.2, 0) is 32.6 Å². The van der Waals surface area contributed by atoms with Gasteiger partial charge in [0, 0.05) is 24.0 Å². The lowest BCUT2D eigenvalue weighted by molar-refractivity contribution is -0.140. The van der Waals surface area contributed by atoms with Crippen molar-refractivity contribution < 1.29 is 18.0 Å². The quantitative estimate of drug-likeness (QED) is 0.316. The van der Waals surface area contributed by atoms with Gasteiger partial charge in [-0.3, -0.25) is 13.9 Å². The number of carbonyl (C=O) groups is 2. The maximum Gasteiger partial charge on any atom is 0.244 e. The van der Waals surface area contributed by atoms with E-state index in [1.165, 1.54) is 4.90 Å². The van der Waals surface area contributed by atoms with E-state index in [-0.39, 0.29) is 35.6 Å². The number of nitrogens with zero attached hydrogens (tertiary/aromatic N) is 2. The van der Waals surface area contributed by atoms with Crippen molar-refractivity contribution in [3.8, 4) is 0 Å². The van der Waals surface area contributed by atoms with Crippen LogP contribution in [-0.4, -0.2) is 50.0 Å². The summed E-state index contributed by atoms with van der Waals surface area (Å²) in [6.45, 7) is -0.511. The first-order valence-electron chi connectivity index (χ1n) is 13.2. The molecule has 1 aliphatic rings. The van der Waals surface area contributed by atoms with E-state index in [2.05, 4.69) is 5.32 Å². The Labute approximate surface area is 246 Å². The summed E-state index contributed by atoms with van der Waals surface area (Å²) in [6.07, 6.45) is 5.12. The summed E-state index contributed by atoms with van der Waals surface area (Å²) >= 11 is 12.8. The molecule has 7 nitrogen and oxygen atoms in total. The van der Waals surface area contributed by atoms with Gasteiger partial charge in [-0.15, -0.1) is 0 Å². The molecule has 212 valence electrons. The molecule has 1 aliphatic carbocycles.